The van der Waals surface area contributed by atoms with Gasteiger partial charge in [-0.3, -0.25) is 9.59 Å². The van der Waals surface area contributed by atoms with E-state index in [-0.39, 0.29) is 24.3 Å². The average Bonchev–Trinajstić information content (AvgIpc) is 2.50. The lowest BCUT2D eigenvalue weighted by Gasteiger charge is -2.33. The second-order valence-corrected chi connectivity index (χ2v) is 5.24. The van der Waals surface area contributed by atoms with Crippen LogP contribution in [0.2, 0.25) is 0 Å². The molecule has 0 aromatic rings. The predicted octanol–water partition coefficient (Wildman–Crippen LogP) is -0.0749. The SMILES string of the molecule is CCNC(=NCC(=O)N(C)C)N1CCC(C(=O)OC)CC1. The van der Waals surface area contributed by atoms with Crippen LogP contribution in [-0.2, 0) is 14.3 Å². The van der Waals surface area contributed by atoms with Gasteiger partial charge >= 0.3 is 5.97 Å². The third-order valence-electron chi connectivity index (χ3n) is 3.53. The first-order valence-electron chi connectivity index (χ1n) is 7.30. The van der Waals surface area contributed by atoms with Gasteiger partial charge < -0.3 is 19.9 Å². The number of rotatable bonds is 4. The molecule has 0 saturated carbocycles. The van der Waals surface area contributed by atoms with E-state index in [9.17, 15) is 9.59 Å². The van der Waals surface area contributed by atoms with Crippen LogP contribution >= 0.6 is 0 Å². The molecule has 1 heterocycles. The normalized spacial score (nSPS) is 16.6. The smallest absolute Gasteiger partial charge is 0.308 e. The summed E-state index contributed by atoms with van der Waals surface area (Å²) in [7, 11) is 4.85. The molecule has 0 radical (unpaired) electrons. The van der Waals surface area contributed by atoms with Gasteiger partial charge in [0.1, 0.15) is 6.54 Å². The van der Waals surface area contributed by atoms with Gasteiger partial charge in [0.25, 0.3) is 0 Å². The van der Waals surface area contributed by atoms with E-state index in [2.05, 4.69) is 15.2 Å². The van der Waals surface area contributed by atoms with Crippen LogP contribution in [0.4, 0.5) is 0 Å². The van der Waals surface area contributed by atoms with Crippen LogP contribution < -0.4 is 5.32 Å². The molecule has 0 aromatic carbocycles. The molecule has 0 aromatic heterocycles. The molecule has 0 bridgehead atoms. The molecular formula is C14H26N4O3. The largest absolute Gasteiger partial charge is 0.469 e. The number of amides is 1. The summed E-state index contributed by atoms with van der Waals surface area (Å²) >= 11 is 0. The number of carbonyl (C=O) groups is 2. The summed E-state index contributed by atoms with van der Waals surface area (Å²) < 4.78 is 4.78. The van der Waals surface area contributed by atoms with Crippen LogP contribution in [0.25, 0.3) is 0 Å². The fourth-order valence-electron chi connectivity index (χ4n) is 2.20. The highest BCUT2D eigenvalue weighted by Crippen LogP contribution is 2.18. The molecule has 1 N–H and O–H groups in total. The van der Waals surface area contributed by atoms with Gasteiger partial charge in [0.05, 0.1) is 13.0 Å². The molecule has 1 fully saturated rings. The number of likely N-dealkylation sites (N-methyl/N-ethyl adjacent to an activating group) is 1. The van der Waals surface area contributed by atoms with Crippen LogP contribution in [0.5, 0.6) is 0 Å². The van der Waals surface area contributed by atoms with Crippen molar-refractivity contribution in [1.29, 1.82) is 0 Å². The van der Waals surface area contributed by atoms with Crippen molar-refractivity contribution in [2.45, 2.75) is 19.8 Å². The molecule has 1 aliphatic heterocycles. The number of hydrogen-bond donors (Lipinski definition) is 1. The second-order valence-electron chi connectivity index (χ2n) is 5.24. The van der Waals surface area contributed by atoms with Crippen LogP contribution in [-0.4, -0.2) is 75.0 Å². The highest BCUT2D eigenvalue weighted by Gasteiger charge is 2.27. The number of piperidine rings is 1. The van der Waals surface area contributed by atoms with Crippen molar-refractivity contribution < 1.29 is 14.3 Å². The van der Waals surface area contributed by atoms with Gasteiger partial charge in [0, 0.05) is 33.7 Å². The topological polar surface area (TPSA) is 74.2 Å². The number of nitrogens with zero attached hydrogens (tertiary/aromatic N) is 3. The van der Waals surface area contributed by atoms with Crippen molar-refractivity contribution in [3.63, 3.8) is 0 Å². The Morgan fingerprint density at radius 2 is 1.95 bits per heavy atom. The fourth-order valence-corrected chi connectivity index (χ4v) is 2.20. The fraction of sp³-hybridized carbons (Fsp3) is 0.786. The molecule has 1 aliphatic rings. The molecule has 120 valence electrons. The van der Waals surface area contributed by atoms with Crippen molar-refractivity contribution in [2.24, 2.45) is 10.9 Å². The maximum atomic E-state index is 11.6. The number of ether oxygens (including phenoxy) is 1. The average molecular weight is 298 g/mol. The number of carbonyl (C=O) groups excluding carboxylic acids is 2. The molecule has 1 saturated heterocycles. The first kappa shape index (κ1) is 17.3. The van der Waals surface area contributed by atoms with Crippen molar-refractivity contribution in [3.05, 3.63) is 0 Å². The standard InChI is InChI=1S/C14H26N4O3/c1-5-15-14(16-10-12(19)17(2)3)18-8-6-11(7-9-18)13(20)21-4/h11H,5-10H2,1-4H3,(H,15,16). The summed E-state index contributed by atoms with van der Waals surface area (Å²) in [5, 5.41) is 3.19. The molecule has 7 heteroatoms. The molecule has 0 spiro atoms. The predicted molar refractivity (Wildman–Crippen MR) is 81.0 cm³/mol. The zero-order valence-corrected chi connectivity index (χ0v) is 13.4. The summed E-state index contributed by atoms with van der Waals surface area (Å²) in [5.41, 5.74) is 0. The number of guanidine groups is 1. The van der Waals surface area contributed by atoms with Gasteiger partial charge in [0.2, 0.25) is 5.91 Å². The van der Waals surface area contributed by atoms with Gasteiger partial charge in [-0.25, -0.2) is 4.99 Å². The summed E-state index contributed by atoms with van der Waals surface area (Å²) in [6, 6.07) is 0. The Morgan fingerprint density at radius 3 is 2.43 bits per heavy atom. The van der Waals surface area contributed by atoms with Crippen LogP contribution in [0.3, 0.4) is 0 Å². The number of nitrogens with one attached hydrogen (secondary N) is 1. The highest BCUT2D eigenvalue weighted by molar-refractivity contribution is 5.85. The Balaban J connectivity index is 2.60. The van der Waals surface area contributed by atoms with E-state index >= 15 is 0 Å². The highest BCUT2D eigenvalue weighted by atomic mass is 16.5. The van der Waals surface area contributed by atoms with Crippen molar-refractivity contribution >= 4 is 17.8 Å². The van der Waals surface area contributed by atoms with Crippen molar-refractivity contribution in [3.8, 4) is 0 Å². The van der Waals surface area contributed by atoms with Crippen LogP contribution in [0, 0.1) is 5.92 Å². The molecule has 1 amide bonds. The second kappa shape index (κ2) is 8.49. The Kier molecular flexibility index (Phi) is 6.98. The Morgan fingerprint density at radius 1 is 1.33 bits per heavy atom. The summed E-state index contributed by atoms with van der Waals surface area (Å²) in [5.74, 6) is 0.530. The molecule has 21 heavy (non-hydrogen) atoms. The quantitative estimate of drug-likeness (QED) is 0.446. The van der Waals surface area contributed by atoms with E-state index in [0.717, 1.165) is 38.4 Å². The minimum atomic E-state index is -0.139. The lowest BCUT2D eigenvalue weighted by atomic mass is 9.97. The third-order valence-corrected chi connectivity index (χ3v) is 3.53. The third kappa shape index (κ3) is 5.24. The Hall–Kier alpha value is -1.79. The van der Waals surface area contributed by atoms with Gasteiger partial charge in [-0.2, -0.15) is 0 Å². The first-order chi connectivity index (χ1) is 9.99. The Bertz CT molecular complexity index is 388. The number of esters is 1. The lowest BCUT2D eigenvalue weighted by Crippen LogP contribution is -2.47. The number of hydrogen-bond acceptors (Lipinski definition) is 4. The van der Waals surface area contributed by atoms with Crippen LogP contribution in [0.1, 0.15) is 19.8 Å². The summed E-state index contributed by atoms with van der Waals surface area (Å²) in [6.07, 6.45) is 1.50. The van der Waals surface area contributed by atoms with E-state index in [1.807, 2.05) is 6.92 Å². The van der Waals surface area contributed by atoms with Crippen LogP contribution in [0.15, 0.2) is 4.99 Å². The van der Waals surface area contributed by atoms with Crippen molar-refractivity contribution in [1.82, 2.24) is 15.1 Å². The molecule has 0 atom stereocenters. The van der Waals surface area contributed by atoms with Gasteiger partial charge in [-0.15, -0.1) is 0 Å². The zero-order valence-electron chi connectivity index (χ0n) is 13.4. The number of aliphatic imine (C=N–C) groups is 1. The van der Waals surface area contributed by atoms with E-state index in [4.69, 9.17) is 4.74 Å². The number of likely N-dealkylation sites (tertiary alicyclic amines) is 1. The molecule has 7 nitrogen and oxygen atoms in total. The minimum absolute atomic E-state index is 0.0301. The van der Waals surface area contributed by atoms with E-state index in [0.29, 0.717) is 0 Å². The van der Waals surface area contributed by atoms with E-state index in [1.54, 1.807) is 14.1 Å². The van der Waals surface area contributed by atoms with Gasteiger partial charge in [-0.1, -0.05) is 0 Å². The number of methoxy groups -OCH3 is 1. The van der Waals surface area contributed by atoms with Crippen molar-refractivity contribution in [2.75, 3.05) is 47.4 Å². The monoisotopic (exact) mass is 298 g/mol. The van der Waals surface area contributed by atoms with E-state index in [1.165, 1.54) is 12.0 Å². The maximum Gasteiger partial charge on any atom is 0.308 e. The summed E-state index contributed by atoms with van der Waals surface area (Å²) in [4.78, 5) is 31.1. The zero-order chi connectivity index (χ0) is 15.8. The summed E-state index contributed by atoms with van der Waals surface area (Å²) in [6.45, 7) is 4.34. The van der Waals surface area contributed by atoms with E-state index < -0.39 is 0 Å². The van der Waals surface area contributed by atoms with Gasteiger partial charge in [0.15, 0.2) is 5.96 Å². The first-order valence-corrected chi connectivity index (χ1v) is 7.30. The maximum absolute atomic E-state index is 11.6. The molecular weight excluding hydrogens is 272 g/mol. The van der Waals surface area contributed by atoms with Gasteiger partial charge in [-0.05, 0) is 19.8 Å². The Labute approximate surface area is 126 Å². The lowest BCUT2D eigenvalue weighted by molar-refractivity contribution is -0.146. The molecule has 0 aliphatic carbocycles. The molecule has 1 rings (SSSR count). The molecule has 0 unspecified atom stereocenters. The minimum Gasteiger partial charge on any atom is -0.469 e.